The van der Waals surface area contributed by atoms with E-state index in [4.69, 9.17) is 5.73 Å². The number of nitrogens with zero attached hydrogens (tertiary/aromatic N) is 1. The van der Waals surface area contributed by atoms with E-state index in [1.54, 1.807) is 17.0 Å². The summed E-state index contributed by atoms with van der Waals surface area (Å²) in [7, 11) is 0. The first-order chi connectivity index (χ1) is 9.95. The van der Waals surface area contributed by atoms with Gasteiger partial charge in [-0.15, -0.1) is 0 Å². The number of carboxylic acid groups (broad SMARTS) is 1. The van der Waals surface area contributed by atoms with Gasteiger partial charge in [0.15, 0.2) is 0 Å². The third-order valence-electron chi connectivity index (χ3n) is 4.84. The summed E-state index contributed by atoms with van der Waals surface area (Å²) in [5.41, 5.74) is 6.79. The number of anilines is 1. The summed E-state index contributed by atoms with van der Waals surface area (Å²) in [5.74, 6) is -0.931. The summed E-state index contributed by atoms with van der Waals surface area (Å²) in [5, 5.41) is 9.39. The first kappa shape index (κ1) is 13.9. The second-order valence-electron chi connectivity index (χ2n) is 6.25. The van der Waals surface area contributed by atoms with Crippen LogP contribution >= 0.6 is 0 Å². The van der Waals surface area contributed by atoms with Crippen molar-refractivity contribution in [3.05, 3.63) is 29.8 Å². The predicted molar refractivity (Wildman–Crippen MR) is 78.7 cm³/mol. The van der Waals surface area contributed by atoms with E-state index in [0.717, 1.165) is 24.8 Å². The highest BCUT2D eigenvalue weighted by Crippen LogP contribution is 2.50. The van der Waals surface area contributed by atoms with Crippen molar-refractivity contribution in [1.82, 2.24) is 4.90 Å². The van der Waals surface area contributed by atoms with Crippen LogP contribution in [0.5, 0.6) is 0 Å². The third-order valence-corrected chi connectivity index (χ3v) is 4.84. The monoisotopic (exact) mass is 288 g/mol. The molecule has 5 heteroatoms. The molecule has 0 spiro atoms. The summed E-state index contributed by atoms with van der Waals surface area (Å²) in [6.07, 6.45) is 2.32. The minimum atomic E-state index is -0.901. The summed E-state index contributed by atoms with van der Waals surface area (Å²) in [4.78, 5) is 25.9. The number of aliphatic carboxylic acids is 1. The Labute approximate surface area is 123 Å². The molecule has 112 valence electrons. The lowest BCUT2D eigenvalue weighted by Gasteiger charge is -2.28. The fourth-order valence-corrected chi connectivity index (χ4v) is 3.38. The van der Waals surface area contributed by atoms with E-state index < -0.39 is 17.4 Å². The molecule has 3 rings (SSSR count). The molecule has 1 saturated heterocycles. The molecule has 0 aromatic heterocycles. The minimum Gasteiger partial charge on any atom is -0.480 e. The molecule has 2 fully saturated rings. The lowest BCUT2D eigenvalue weighted by Crippen LogP contribution is -2.47. The minimum absolute atomic E-state index is 0.00803. The van der Waals surface area contributed by atoms with Crippen LogP contribution in [0, 0.1) is 5.92 Å². The maximum Gasteiger partial charge on any atom is 0.326 e. The number of carboxylic acids is 1. The first-order valence-electron chi connectivity index (χ1n) is 7.35. The van der Waals surface area contributed by atoms with E-state index in [1.807, 2.05) is 19.1 Å². The first-order valence-corrected chi connectivity index (χ1v) is 7.35. The summed E-state index contributed by atoms with van der Waals surface area (Å²) in [6, 6.07) is 6.67. The molecule has 0 bridgehead atoms. The van der Waals surface area contributed by atoms with E-state index in [9.17, 15) is 14.7 Å². The zero-order valence-electron chi connectivity index (χ0n) is 12.1. The number of hydrogen-bond acceptors (Lipinski definition) is 3. The van der Waals surface area contributed by atoms with Crippen LogP contribution < -0.4 is 5.73 Å². The molecule has 3 N–H and O–H groups in total. The molecule has 1 aromatic rings. The van der Waals surface area contributed by atoms with Crippen molar-refractivity contribution in [1.29, 1.82) is 0 Å². The van der Waals surface area contributed by atoms with Crippen molar-refractivity contribution >= 4 is 17.6 Å². The van der Waals surface area contributed by atoms with Crippen LogP contribution in [0.1, 0.15) is 31.7 Å². The Kier molecular flexibility index (Phi) is 3.15. The van der Waals surface area contributed by atoms with Crippen LogP contribution in [0.2, 0.25) is 0 Å². The highest BCUT2D eigenvalue weighted by atomic mass is 16.4. The average molecular weight is 288 g/mol. The number of amides is 1. The molecular formula is C16H20N2O3. The van der Waals surface area contributed by atoms with Gasteiger partial charge in [0.2, 0.25) is 5.91 Å². The van der Waals surface area contributed by atoms with Gasteiger partial charge in [-0.25, -0.2) is 4.79 Å². The molecule has 1 saturated carbocycles. The molecule has 1 amide bonds. The molecule has 2 atom stereocenters. The van der Waals surface area contributed by atoms with Crippen molar-refractivity contribution in [2.75, 3.05) is 12.3 Å². The molecule has 2 aliphatic rings. The summed E-state index contributed by atoms with van der Waals surface area (Å²) >= 11 is 0. The molecule has 1 aliphatic carbocycles. The van der Waals surface area contributed by atoms with Crippen LogP contribution in [0.15, 0.2) is 24.3 Å². The molecule has 2 unspecified atom stereocenters. The SMILES string of the molecule is CC1CCN(C(=O)C2(c3ccc(N)cc3)CC2)C1C(=O)O. The number of nitrogen functional groups attached to an aromatic ring is 1. The number of likely N-dealkylation sites (tertiary alicyclic amines) is 1. The Morgan fingerprint density at radius 3 is 2.43 bits per heavy atom. The Morgan fingerprint density at radius 2 is 1.90 bits per heavy atom. The van der Waals surface area contributed by atoms with Gasteiger partial charge in [0.1, 0.15) is 6.04 Å². The van der Waals surface area contributed by atoms with E-state index in [2.05, 4.69) is 0 Å². The number of rotatable bonds is 3. The van der Waals surface area contributed by atoms with Gasteiger partial charge in [-0.05, 0) is 42.9 Å². The normalized spacial score (nSPS) is 26.6. The number of nitrogens with two attached hydrogens (primary N) is 1. The lowest BCUT2D eigenvalue weighted by atomic mass is 9.93. The number of benzene rings is 1. The summed E-state index contributed by atoms with van der Waals surface area (Å²) in [6.45, 7) is 2.43. The quantitative estimate of drug-likeness (QED) is 0.828. The Morgan fingerprint density at radius 1 is 1.29 bits per heavy atom. The molecule has 1 aliphatic heterocycles. The molecular weight excluding hydrogens is 268 g/mol. The van der Waals surface area contributed by atoms with Gasteiger partial charge >= 0.3 is 5.97 Å². The molecule has 21 heavy (non-hydrogen) atoms. The maximum absolute atomic E-state index is 12.9. The van der Waals surface area contributed by atoms with Gasteiger partial charge in [-0.1, -0.05) is 19.1 Å². The standard InChI is InChI=1S/C16H20N2O3/c1-10-6-9-18(13(10)14(19)20)15(21)16(7-8-16)11-2-4-12(17)5-3-11/h2-5,10,13H,6-9,17H2,1H3,(H,19,20). The van der Waals surface area contributed by atoms with Gasteiger partial charge in [0, 0.05) is 12.2 Å². The van der Waals surface area contributed by atoms with Gasteiger partial charge in [-0.3, -0.25) is 4.79 Å². The second kappa shape index (κ2) is 4.76. The number of hydrogen-bond donors (Lipinski definition) is 2. The van der Waals surface area contributed by atoms with Crippen molar-refractivity contribution in [3.8, 4) is 0 Å². The molecule has 1 heterocycles. The van der Waals surface area contributed by atoms with Gasteiger partial charge in [-0.2, -0.15) is 0 Å². The zero-order valence-corrected chi connectivity index (χ0v) is 12.1. The van der Waals surface area contributed by atoms with Gasteiger partial charge in [0.25, 0.3) is 0 Å². The topological polar surface area (TPSA) is 83.6 Å². The van der Waals surface area contributed by atoms with Gasteiger partial charge in [0.05, 0.1) is 5.41 Å². The Bertz CT molecular complexity index is 578. The van der Waals surface area contributed by atoms with Crippen molar-refractivity contribution < 1.29 is 14.7 Å². The molecule has 0 radical (unpaired) electrons. The largest absolute Gasteiger partial charge is 0.480 e. The van der Waals surface area contributed by atoms with E-state index >= 15 is 0 Å². The van der Waals surface area contributed by atoms with Gasteiger partial charge < -0.3 is 15.7 Å². The van der Waals surface area contributed by atoms with Crippen LogP contribution in [0.25, 0.3) is 0 Å². The smallest absolute Gasteiger partial charge is 0.326 e. The molecule has 1 aromatic carbocycles. The fraction of sp³-hybridized carbons (Fsp3) is 0.500. The number of carbonyl (C=O) groups excluding carboxylic acids is 1. The second-order valence-corrected chi connectivity index (χ2v) is 6.25. The molecule has 5 nitrogen and oxygen atoms in total. The van der Waals surface area contributed by atoms with E-state index in [-0.39, 0.29) is 11.8 Å². The van der Waals surface area contributed by atoms with Crippen molar-refractivity contribution in [2.24, 2.45) is 5.92 Å². The third kappa shape index (κ3) is 2.17. The highest BCUT2D eigenvalue weighted by molar-refractivity contribution is 5.94. The zero-order chi connectivity index (χ0) is 15.2. The lowest BCUT2D eigenvalue weighted by molar-refractivity contribution is -0.150. The van der Waals surface area contributed by atoms with Crippen LogP contribution in [-0.4, -0.2) is 34.5 Å². The van der Waals surface area contributed by atoms with Crippen LogP contribution in [0.3, 0.4) is 0 Å². The van der Waals surface area contributed by atoms with Crippen LogP contribution in [0.4, 0.5) is 5.69 Å². The Balaban J connectivity index is 1.88. The Hall–Kier alpha value is -2.04. The maximum atomic E-state index is 12.9. The fourth-order valence-electron chi connectivity index (χ4n) is 3.38. The van der Waals surface area contributed by atoms with E-state index in [0.29, 0.717) is 12.2 Å². The predicted octanol–water partition coefficient (Wildman–Crippen LogP) is 1.62. The van der Waals surface area contributed by atoms with Crippen molar-refractivity contribution in [2.45, 2.75) is 37.6 Å². The van der Waals surface area contributed by atoms with E-state index in [1.165, 1.54) is 0 Å². The highest BCUT2D eigenvalue weighted by Gasteiger charge is 2.56. The van der Waals surface area contributed by atoms with Crippen molar-refractivity contribution in [3.63, 3.8) is 0 Å². The van der Waals surface area contributed by atoms with Crippen LogP contribution in [-0.2, 0) is 15.0 Å². The summed E-state index contributed by atoms with van der Waals surface area (Å²) < 4.78 is 0. The number of carbonyl (C=O) groups is 2. The average Bonchev–Trinajstić information content (AvgIpc) is 3.16.